The summed E-state index contributed by atoms with van der Waals surface area (Å²) in [5.74, 6) is 0.875. The zero-order valence-corrected chi connectivity index (χ0v) is 18.3. The van der Waals surface area contributed by atoms with Crippen molar-refractivity contribution in [1.82, 2.24) is 24.8 Å². The molecule has 0 aliphatic carbocycles. The number of furan rings is 1. The molecule has 1 aliphatic rings. The zero-order valence-electron chi connectivity index (χ0n) is 16.6. The van der Waals surface area contributed by atoms with Crippen molar-refractivity contribution >= 4 is 28.7 Å². The first-order chi connectivity index (χ1) is 14.6. The third kappa shape index (κ3) is 3.22. The molecule has 0 amide bonds. The van der Waals surface area contributed by atoms with Gasteiger partial charge in [-0.1, -0.05) is 6.07 Å². The van der Waals surface area contributed by atoms with Gasteiger partial charge in [-0.25, -0.2) is 4.98 Å². The van der Waals surface area contributed by atoms with Crippen LogP contribution in [0.25, 0.3) is 5.13 Å². The van der Waals surface area contributed by atoms with Crippen LogP contribution < -0.4 is 5.32 Å². The highest BCUT2D eigenvalue weighted by molar-refractivity contribution is 7.80. The van der Waals surface area contributed by atoms with E-state index in [1.807, 2.05) is 48.1 Å². The van der Waals surface area contributed by atoms with Gasteiger partial charge in [-0.2, -0.15) is 0 Å². The molecule has 8 heteroatoms. The number of pyridine rings is 1. The maximum Gasteiger partial charge on any atom is 0.193 e. The highest BCUT2D eigenvalue weighted by Gasteiger charge is 2.41. The molecule has 5 heterocycles. The van der Waals surface area contributed by atoms with Gasteiger partial charge >= 0.3 is 0 Å². The Morgan fingerprint density at radius 2 is 2.07 bits per heavy atom. The fraction of sp³-hybridized carbons (Fsp3) is 0.227. The van der Waals surface area contributed by atoms with Crippen LogP contribution in [-0.2, 0) is 6.54 Å². The number of aromatic nitrogens is 3. The summed E-state index contributed by atoms with van der Waals surface area (Å²) in [6.45, 7) is 4.85. The number of thiazole rings is 1. The lowest BCUT2D eigenvalue weighted by Crippen LogP contribution is -2.29. The molecule has 4 aromatic rings. The van der Waals surface area contributed by atoms with Crippen molar-refractivity contribution in [2.75, 3.05) is 0 Å². The Hall–Kier alpha value is -2.97. The van der Waals surface area contributed by atoms with E-state index in [-0.39, 0.29) is 12.1 Å². The van der Waals surface area contributed by atoms with E-state index in [0.29, 0.717) is 11.7 Å². The predicted octanol–water partition coefficient (Wildman–Crippen LogP) is 4.71. The van der Waals surface area contributed by atoms with Crippen molar-refractivity contribution < 1.29 is 4.42 Å². The molecule has 2 unspecified atom stereocenters. The summed E-state index contributed by atoms with van der Waals surface area (Å²) in [6, 6.07) is 12.0. The van der Waals surface area contributed by atoms with Gasteiger partial charge in [0.2, 0.25) is 0 Å². The molecule has 0 radical (unpaired) electrons. The van der Waals surface area contributed by atoms with Crippen LogP contribution in [0.2, 0.25) is 0 Å². The van der Waals surface area contributed by atoms with Crippen molar-refractivity contribution in [3.63, 3.8) is 0 Å². The number of hydrogen-bond donors (Lipinski definition) is 1. The van der Waals surface area contributed by atoms with Gasteiger partial charge in [-0.05, 0) is 62.0 Å². The van der Waals surface area contributed by atoms with Crippen LogP contribution in [0.1, 0.15) is 40.5 Å². The van der Waals surface area contributed by atoms with Crippen LogP contribution in [0.15, 0.2) is 64.9 Å². The minimum absolute atomic E-state index is 0.0163. The normalized spacial score (nSPS) is 18.7. The van der Waals surface area contributed by atoms with E-state index in [0.717, 1.165) is 28.0 Å². The molecular formula is C22H21N5OS2. The number of nitrogens with one attached hydrogen (secondary N) is 1. The molecule has 5 rings (SSSR count). The Labute approximate surface area is 184 Å². The number of thiocarbonyl (C=S) groups is 1. The van der Waals surface area contributed by atoms with E-state index >= 15 is 0 Å². The molecular weight excluding hydrogens is 414 g/mol. The second-order valence-electron chi connectivity index (χ2n) is 7.31. The molecule has 152 valence electrons. The molecule has 2 atom stereocenters. The summed E-state index contributed by atoms with van der Waals surface area (Å²) in [6.07, 6.45) is 5.36. The van der Waals surface area contributed by atoms with E-state index in [9.17, 15) is 0 Å². The first-order valence-electron chi connectivity index (χ1n) is 9.72. The third-order valence-corrected chi connectivity index (χ3v) is 6.61. The molecule has 6 nitrogen and oxygen atoms in total. The quantitative estimate of drug-likeness (QED) is 0.458. The maximum absolute atomic E-state index is 5.76. The number of nitrogens with zero attached hydrogens (tertiary/aromatic N) is 4. The van der Waals surface area contributed by atoms with Crippen LogP contribution in [-0.4, -0.2) is 24.5 Å². The molecule has 1 fully saturated rings. The van der Waals surface area contributed by atoms with Gasteiger partial charge < -0.3 is 14.6 Å². The third-order valence-electron chi connectivity index (χ3n) is 5.50. The van der Waals surface area contributed by atoms with Crippen molar-refractivity contribution in [3.8, 4) is 5.13 Å². The second-order valence-corrected chi connectivity index (χ2v) is 8.57. The summed E-state index contributed by atoms with van der Waals surface area (Å²) in [5, 5.41) is 7.17. The van der Waals surface area contributed by atoms with E-state index in [2.05, 4.69) is 44.7 Å². The van der Waals surface area contributed by atoms with Crippen LogP contribution in [0.5, 0.6) is 0 Å². The molecule has 0 spiro atoms. The van der Waals surface area contributed by atoms with Crippen molar-refractivity contribution in [2.45, 2.75) is 32.5 Å². The summed E-state index contributed by atoms with van der Waals surface area (Å²) >= 11 is 7.39. The van der Waals surface area contributed by atoms with Crippen LogP contribution in [0, 0.1) is 13.8 Å². The standard InChI is InChI=1S/C22H21N5OS2/c1-14-12-17(15(2)27(14)22-24-9-11-30-22)20-19(18-7-3-4-8-23-18)25-21(29)26(20)13-16-6-5-10-28-16/h3-12,19-20H,13H2,1-2H3,(H,25,29). The summed E-state index contributed by atoms with van der Waals surface area (Å²) in [7, 11) is 0. The van der Waals surface area contributed by atoms with Crippen LogP contribution in [0.4, 0.5) is 0 Å². The fourth-order valence-electron chi connectivity index (χ4n) is 4.19. The minimum atomic E-state index is -0.0566. The Morgan fingerprint density at radius 3 is 2.77 bits per heavy atom. The molecule has 1 N–H and O–H groups in total. The molecule has 1 saturated heterocycles. The number of hydrogen-bond acceptors (Lipinski definition) is 5. The van der Waals surface area contributed by atoms with Gasteiger partial charge in [0.25, 0.3) is 0 Å². The van der Waals surface area contributed by atoms with Crippen LogP contribution in [0.3, 0.4) is 0 Å². The van der Waals surface area contributed by atoms with E-state index in [4.69, 9.17) is 16.6 Å². The van der Waals surface area contributed by atoms with E-state index in [1.165, 1.54) is 5.56 Å². The SMILES string of the molecule is Cc1cc(C2C(c3ccccn3)NC(=S)N2Cc2ccco2)c(C)n1-c1nccs1. The Morgan fingerprint density at radius 1 is 1.17 bits per heavy atom. The lowest BCUT2D eigenvalue weighted by atomic mass is 9.96. The molecule has 0 saturated carbocycles. The summed E-state index contributed by atoms with van der Waals surface area (Å²) in [5.41, 5.74) is 4.47. The zero-order chi connectivity index (χ0) is 20.7. The van der Waals surface area contributed by atoms with Gasteiger partial charge in [0.1, 0.15) is 5.76 Å². The monoisotopic (exact) mass is 435 g/mol. The summed E-state index contributed by atoms with van der Waals surface area (Å²) in [4.78, 5) is 11.3. The largest absolute Gasteiger partial charge is 0.467 e. The average Bonchev–Trinajstić information content (AvgIpc) is 3.53. The van der Waals surface area contributed by atoms with Crippen molar-refractivity contribution in [1.29, 1.82) is 0 Å². The lowest BCUT2D eigenvalue weighted by Gasteiger charge is -2.27. The topological polar surface area (TPSA) is 59.1 Å². The van der Waals surface area contributed by atoms with Gasteiger partial charge in [-0.3, -0.25) is 9.55 Å². The lowest BCUT2D eigenvalue weighted by molar-refractivity contribution is 0.286. The van der Waals surface area contributed by atoms with Crippen LogP contribution >= 0.6 is 23.6 Å². The van der Waals surface area contributed by atoms with Gasteiger partial charge in [0.15, 0.2) is 10.2 Å². The van der Waals surface area contributed by atoms with Gasteiger partial charge in [-0.15, -0.1) is 11.3 Å². The highest BCUT2D eigenvalue weighted by Crippen LogP contribution is 2.42. The first-order valence-corrected chi connectivity index (χ1v) is 11.0. The van der Waals surface area contributed by atoms with E-state index < -0.39 is 0 Å². The predicted molar refractivity (Wildman–Crippen MR) is 121 cm³/mol. The maximum atomic E-state index is 5.76. The Kier molecular flexibility index (Phi) is 4.88. The Bertz CT molecular complexity index is 1150. The molecule has 0 bridgehead atoms. The average molecular weight is 436 g/mol. The molecule has 0 aromatic carbocycles. The molecule has 30 heavy (non-hydrogen) atoms. The second kappa shape index (κ2) is 7.70. The van der Waals surface area contributed by atoms with Gasteiger partial charge in [0, 0.05) is 29.2 Å². The number of rotatable bonds is 5. The molecule has 1 aliphatic heterocycles. The molecule has 4 aromatic heterocycles. The van der Waals surface area contributed by atoms with E-state index in [1.54, 1.807) is 17.6 Å². The Balaban J connectivity index is 1.62. The highest BCUT2D eigenvalue weighted by atomic mass is 32.1. The van der Waals surface area contributed by atoms with Crippen molar-refractivity contribution in [3.05, 3.63) is 88.8 Å². The fourth-order valence-corrected chi connectivity index (χ4v) is 5.25. The summed E-state index contributed by atoms with van der Waals surface area (Å²) < 4.78 is 7.84. The number of aryl methyl sites for hydroxylation is 1. The van der Waals surface area contributed by atoms with Crippen molar-refractivity contribution in [2.24, 2.45) is 0 Å². The smallest absolute Gasteiger partial charge is 0.193 e. The van der Waals surface area contributed by atoms with Gasteiger partial charge in [0.05, 0.1) is 30.6 Å². The first kappa shape index (κ1) is 19.0. The minimum Gasteiger partial charge on any atom is -0.467 e.